The molecule has 1 atom stereocenters. The summed E-state index contributed by atoms with van der Waals surface area (Å²) in [7, 11) is 0. The normalized spacial score (nSPS) is 16.5. The van der Waals surface area contributed by atoms with Crippen molar-refractivity contribution in [3.05, 3.63) is 71.3 Å². The molecule has 1 fully saturated rings. The maximum atomic E-state index is 13.2. The van der Waals surface area contributed by atoms with E-state index in [2.05, 4.69) is 0 Å². The molecule has 0 saturated carbocycles. The maximum Gasteiger partial charge on any atom is 0.126 e. The van der Waals surface area contributed by atoms with Crippen molar-refractivity contribution in [2.45, 2.75) is 25.0 Å². The topological polar surface area (TPSA) is 33.9 Å². The number of aliphatic hydroxyl groups excluding tert-OH is 1. The van der Waals surface area contributed by atoms with Crippen LogP contribution in [-0.2, 0) is 4.74 Å². The minimum Gasteiger partial charge on any atom is -0.385 e. The van der Waals surface area contributed by atoms with Gasteiger partial charge in [-0.15, -0.1) is 0 Å². The SMILES string of the molecule is O[C@@H](COC(c1ccc(F)cc1)c1ccc(F)cc1)C[NH+]1CCCC1. The van der Waals surface area contributed by atoms with Crippen molar-refractivity contribution in [1.82, 2.24) is 0 Å². The molecule has 1 aliphatic heterocycles. The van der Waals surface area contributed by atoms with Gasteiger partial charge in [0.1, 0.15) is 30.4 Å². The number of ether oxygens (including phenoxy) is 1. The largest absolute Gasteiger partial charge is 0.385 e. The zero-order valence-electron chi connectivity index (χ0n) is 14.1. The molecule has 2 aromatic carbocycles. The number of aliphatic hydroxyl groups is 1. The number of nitrogens with one attached hydrogen (secondary N) is 1. The molecule has 0 radical (unpaired) electrons. The minimum absolute atomic E-state index is 0.183. The van der Waals surface area contributed by atoms with Crippen LogP contribution in [0.2, 0.25) is 0 Å². The van der Waals surface area contributed by atoms with E-state index in [4.69, 9.17) is 4.74 Å². The summed E-state index contributed by atoms with van der Waals surface area (Å²) < 4.78 is 32.4. The fourth-order valence-corrected chi connectivity index (χ4v) is 3.34. The van der Waals surface area contributed by atoms with Crippen molar-refractivity contribution in [3.8, 4) is 0 Å². The van der Waals surface area contributed by atoms with Crippen molar-refractivity contribution in [3.63, 3.8) is 0 Å². The summed E-state index contributed by atoms with van der Waals surface area (Å²) in [5, 5.41) is 10.3. The van der Waals surface area contributed by atoms with Gasteiger partial charge in [-0.25, -0.2) is 8.78 Å². The van der Waals surface area contributed by atoms with E-state index in [1.807, 2.05) is 0 Å². The lowest BCUT2D eigenvalue weighted by molar-refractivity contribution is -0.890. The fourth-order valence-electron chi connectivity index (χ4n) is 3.34. The molecule has 0 spiro atoms. The molecule has 0 unspecified atom stereocenters. The Kier molecular flexibility index (Phi) is 6.13. The van der Waals surface area contributed by atoms with Crippen LogP contribution in [0.15, 0.2) is 48.5 Å². The summed E-state index contributed by atoms with van der Waals surface area (Å²) in [4.78, 5) is 1.40. The number of quaternary nitrogens is 1. The quantitative estimate of drug-likeness (QED) is 0.804. The Morgan fingerprint density at radius 3 is 1.84 bits per heavy atom. The Labute approximate surface area is 146 Å². The van der Waals surface area contributed by atoms with Gasteiger partial charge in [0.2, 0.25) is 0 Å². The van der Waals surface area contributed by atoms with Gasteiger partial charge in [-0.1, -0.05) is 24.3 Å². The number of hydrogen-bond acceptors (Lipinski definition) is 2. The van der Waals surface area contributed by atoms with Crippen molar-refractivity contribution in [1.29, 1.82) is 0 Å². The number of halogens is 2. The molecule has 2 N–H and O–H groups in total. The first-order chi connectivity index (χ1) is 12.1. The van der Waals surface area contributed by atoms with Gasteiger partial charge < -0.3 is 14.7 Å². The van der Waals surface area contributed by atoms with Gasteiger partial charge in [-0.05, 0) is 35.4 Å². The molecular weight excluding hydrogens is 324 g/mol. The zero-order valence-corrected chi connectivity index (χ0v) is 14.1. The van der Waals surface area contributed by atoms with Crippen LogP contribution in [0.25, 0.3) is 0 Å². The second-order valence-electron chi connectivity index (χ2n) is 6.63. The highest BCUT2D eigenvalue weighted by atomic mass is 19.1. The molecule has 0 amide bonds. The predicted molar refractivity (Wildman–Crippen MR) is 91.4 cm³/mol. The Bertz CT molecular complexity index is 609. The van der Waals surface area contributed by atoms with Gasteiger partial charge >= 0.3 is 0 Å². The number of rotatable bonds is 7. The Balaban J connectivity index is 1.69. The van der Waals surface area contributed by atoms with E-state index < -0.39 is 12.2 Å². The number of hydrogen-bond donors (Lipinski definition) is 2. The summed E-state index contributed by atoms with van der Waals surface area (Å²) in [5.74, 6) is -0.640. The third kappa shape index (κ3) is 5.08. The Hall–Kier alpha value is -1.82. The lowest BCUT2D eigenvalue weighted by Gasteiger charge is -2.22. The van der Waals surface area contributed by atoms with E-state index in [0.717, 1.165) is 24.2 Å². The van der Waals surface area contributed by atoms with Crippen molar-refractivity contribution >= 4 is 0 Å². The van der Waals surface area contributed by atoms with E-state index in [1.165, 1.54) is 42.0 Å². The van der Waals surface area contributed by atoms with Gasteiger partial charge in [-0.2, -0.15) is 0 Å². The second-order valence-corrected chi connectivity index (χ2v) is 6.63. The molecule has 1 heterocycles. The van der Waals surface area contributed by atoms with E-state index in [-0.39, 0.29) is 18.2 Å². The van der Waals surface area contributed by atoms with Gasteiger partial charge in [0.15, 0.2) is 0 Å². The van der Waals surface area contributed by atoms with Crippen molar-refractivity contribution < 1.29 is 23.5 Å². The highest BCUT2D eigenvalue weighted by molar-refractivity contribution is 5.30. The van der Waals surface area contributed by atoms with Gasteiger partial charge in [0.25, 0.3) is 0 Å². The summed E-state index contributed by atoms with van der Waals surface area (Å²) >= 11 is 0. The summed E-state index contributed by atoms with van der Waals surface area (Å²) in [6, 6.07) is 12.1. The van der Waals surface area contributed by atoms with E-state index >= 15 is 0 Å². The highest BCUT2D eigenvalue weighted by Crippen LogP contribution is 2.26. The van der Waals surface area contributed by atoms with Gasteiger partial charge in [-0.3, -0.25) is 0 Å². The average Bonchev–Trinajstić information content (AvgIpc) is 3.11. The molecule has 134 valence electrons. The summed E-state index contributed by atoms with van der Waals surface area (Å²) in [6.07, 6.45) is 1.38. The second kappa shape index (κ2) is 8.52. The summed E-state index contributed by atoms with van der Waals surface area (Å²) in [5.41, 5.74) is 1.54. The smallest absolute Gasteiger partial charge is 0.126 e. The number of benzene rings is 2. The molecule has 0 aromatic heterocycles. The lowest BCUT2D eigenvalue weighted by Crippen LogP contribution is -3.11. The number of likely N-dealkylation sites (tertiary alicyclic amines) is 1. The minimum atomic E-state index is -0.559. The first-order valence-electron chi connectivity index (χ1n) is 8.76. The first kappa shape index (κ1) is 18.0. The van der Waals surface area contributed by atoms with Crippen LogP contribution in [0.3, 0.4) is 0 Å². The zero-order chi connectivity index (χ0) is 17.6. The maximum absolute atomic E-state index is 13.2. The molecule has 1 saturated heterocycles. The van der Waals surface area contributed by atoms with E-state index in [9.17, 15) is 13.9 Å². The van der Waals surface area contributed by atoms with Crippen LogP contribution in [0, 0.1) is 11.6 Å². The average molecular weight is 348 g/mol. The van der Waals surface area contributed by atoms with Gasteiger partial charge in [0.05, 0.1) is 19.7 Å². The fraction of sp³-hybridized carbons (Fsp3) is 0.400. The molecular formula is C20H24F2NO2+. The van der Waals surface area contributed by atoms with Crippen LogP contribution in [0.4, 0.5) is 8.78 Å². The molecule has 0 bridgehead atoms. The van der Waals surface area contributed by atoms with Crippen molar-refractivity contribution in [2.24, 2.45) is 0 Å². The molecule has 2 aromatic rings. The predicted octanol–water partition coefficient (Wildman–Crippen LogP) is 2.11. The lowest BCUT2D eigenvalue weighted by atomic mass is 10.0. The Morgan fingerprint density at radius 1 is 0.880 bits per heavy atom. The standard InChI is InChI=1S/C20H23F2NO2/c21-17-7-3-15(4-8-17)20(16-5-9-18(22)10-6-16)25-14-19(24)13-23-11-1-2-12-23/h3-10,19-20,24H,1-2,11-14H2/p+1/t19-/m1/s1. The monoisotopic (exact) mass is 348 g/mol. The molecule has 25 heavy (non-hydrogen) atoms. The first-order valence-corrected chi connectivity index (χ1v) is 8.76. The van der Waals surface area contributed by atoms with Crippen LogP contribution in [-0.4, -0.2) is 37.5 Å². The van der Waals surface area contributed by atoms with Crippen LogP contribution < -0.4 is 4.90 Å². The van der Waals surface area contributed by atoms with Crippen molar-refractivity contribution in [2.75, 3.05) is 26.2 Å². The highest BCUT2D eigenvalue weighted by Gasteiger charge is 2.22. The van der Waals surface area contributed by atoms with E-state index in [0.29, 0.717) is 6.54 Å². The van der Waals surface area contributed by atoms with Gasteiger partial charge in [0, 0.05) is 12.8 Å². The summed E-state index contributed by atoms with van der Waals surface area (Å²) in [6.45, 7) is 3.04. The molecule has 1 aliphatic rings. The van der Waals surface area contributed by atoms with E-state index in [1.54, 1.807) is 24.3 Å². The van der Waals surface area contributed by atoms with Crippen LogP contribution in [0.1, 0.15) is 30.1 Å². The third-order valence-electron chi connectivity index (χ3n) is 4.64. The third-order valence-corrected chi connectivity index (χ3v) is 4.64. The van der Waals surface area contributed by atoms with Crippen LogP contribution >= 0.6 is 0 Å². The molecule has 3 nitrogen and oxygen atoms in total. The Morgan fingerprint density at radius 2 is 1.36 bits per heavy atom. The van der Waals surface area contributed by atoms with Crippen LogP contribution in [0.5, 0.6) is 0 Å². The molecule has 0 aliphatic carbocycles. The molecule has 3 rings (SSSR count). The molecule has 5 heteroatoms.